The summed E-state index contributed by atoms with van der Waals surface area (Å²) in [7, 11) is 0. The van der Waals surface area contributed by atoms with Crippen molar-refractivity contribution in [1.82, 2.24) is 0 Å². The second kappa shape index (κ2) is 7.71. The molecule has 0 radical (unpaired) electrons. The van der Waals surface area contributed by atoms with E-state index in [4.69, 9.17) is 16.4 Å². The van der Waals surface area contributed by atoms with E-state index in [1.807, 2.05) is 0 Å². The maximum absolute atomic E-state index is 11.0. The quantitative estimate of drug-likeness (QED) is 0.473. The highest BCUT2D eigenvalue weighted by Crippen LogP contribution is 2.10. The van der Waals surface area contributed by atoms with E-state index in [1.54, 1.807) is 24.3 Å². The zero-order chi connectivity index (χ0) is 11.0. The molecule has 0 N–H and O–H groups in total. The Kier molecular flexibility index (Phi) is 7.34. The van der Waals surface area contributed by atoms with E-state index in [-0.39, 0.29) is 5.78 Å². The predicted octanol–water partition coefficient (Wildman–Crippen LogP) is 3.12. The van der Waals surface area contributed by atoms with E-state index >= 15 is 0 Å². The topological polar surface area (TPSA) is 34.1 Å². The van der Waals surface area contributed by atoms with E-state index in [0.717, 1.165) is 6.29 Å². The van der Waals surface area contributed by atoms with Crippen LogP contribution in [0.2, 0.25) is 5.02 Å². The highest BCUT2D eigenvalue weighted by Gasteiger charge is 2.01. The summed E-state index contributed by atoms with van der Waals surface area (Å²) in [6.07, 6.45) is 0.750. The zero-order valence-electron chi connectivity index (χ0n) is 7.67. The lowest BCUT2D eigenvalue weighted by atomic mass is 10.2. The summed E-state index contributed by atoms with van der Waals surface area (Å²) in [4.78, 5) is 19.8. The Morgan fingerprint density at radius 3 is 2.21 bits per heavy atom. The third kappa shape index (κ3) is 5.14. The van der Waals surface area contributed by atoms with Gasteiger partial charge in [-0.05, 0) is 31.2 Å². The van der Waals surface area contributed by atoms with E-state index in [2.05, 4.69) is 15.9 Å². The van der Waals surface area contributed by atoms with Gasteiger partial charge in [-0.25, -0.2) is 0 Å². The molecule has 0 amide bonds. The Morgan fingerprint density at radius 2 is 1.86 bits per heavy atom. The van der Waals surface area contributed by atoms with E-state index in [0.29, 0.717) is 15.9 Å². The number of ketones is 1. The van der Waals surface area contributed by atoms with Crippen LogP contribution in [0.25, 0.3) is 0 Å². The lowest BCUT2D eigenvalue weighted by Gasteiger charge is -1.95. The fourth-order valence-corrected chi connectivity index (χ4v) is 1.16. The number of rotatable bonds is 2. The molecule has 76 valence electrons. The Morgan fingerprint density at radius 1 is 1.43 bits per heavy atom. The molecule has 0 unspecified atom stereocenters. The molecular weight excluding hydrogens is 267 g/mol. The molecule has 0 bridgehead atoms. The fraction of sp³-hybridized carbons (Fsp3) is 0.200. The van der Waals surface area contributed by atoms with E-state index in [9.17, 15) is 4.79 Å². The SMILES string of the molecule is CC=O.O=C(CBr)c1ccc(Cl)cc1. The molecule has 1 rings (SSSR count). The van der Waals surface area contributed by atoms with Crippen LogP contribution in [0.4, 0.5) is 0 Å². The number of Topliss-reactive ketones (excluding diaryl/α,β-unsaturated/α-hetero) is 1. The first-order valence-corrected chi connectivity index (χ1v) is 5.40. The molecule has 0 fully saturated rings. The zero-order valence-corrected chi connectivity index (χ0v) is 10.0. The lowest BCUT2D eigenvalue weighted by Crippen LogP contribution is -1.98. The third-order valence-corrected chi connectivity index (χ3v) is 2.05. The van der Waals surface area contributed by atoms with Crippen LogP contribution in [0.3, 0.4) is 0 Å². The second-order valence-corrected chi connectivity index (χ2v) is 3.30. The minimum atomic E-state index is 0.0710. The van der Waals surface area contributed by atoms with Crippen LogP contribution < -0.4 is 0 Å². The number of halogens is 2. The number of carbonyl (C=O) groups is 2. The largest absolute Gasteiger partial charge is 0.304 e. The van der Waals surface area contributed by atoms with Crippen LogP contribution in [0.5, 0.6) is 0 Å². The molecule has 0 aliphatic heterocycles. The summed E-state index contributed by atoms with van der Waals surface area (Å²) in [5, 5.41) is 1.00. The van der Waals surface area contributed by atoms with Crippen molar-refractivity contribution in [1.29, 1.82) is 0 Å². The van der Waals surface area contributed by atoms with Crippen molar-refractivity contribution in [2.75, 3.05) is 5.33 Å². The van der Waals surface area contributed by atoms with E-state index < -0.39 is 0 Å². The highest BCUT2D eigenvalue weighted by atomic mass is 79.9. The molecule has 2 nitrogen and oxygen atoms in total. The van der Waals surface area contributed by atoms with Crippen molar-refractivity contribution in [3.05, 3.63) is 34.9 Å². The summed E-state index contributed by atoms with van der Waals surface area (Å²) >= 11 is 8.72. The van der Waals surface area contributed by atoms with Crippen molar-refractivity contribution in [2.24, 2.45) is 0 Å². The molecule has 0 spiro atoms. The highest BCUT2D eigenvalue weighted by molar-refractivity contribution is 9.09. The molecule has 4 heteroatoms. The van der Waals surface area contributed by atoms with Crippen molar-refractivity contribution in [3.8, 4) is 0 Å². The monoisotopic (exact) mass is 276 g/mol. The second-order valence-electron chi connectivity index (χ2n) is 2.30. The van der Waals surface area contributed by atoms with Crippen molar-refractivity contribution >= 4 is 39.6 Å². The van der Waals surface area contributed by atoms with Crippen molar-refractivity contribution in [2.45, 2.75) is 6.92 Å². The smallest absolute Gasteiger partial charge is 0.173 e. The van der Waals surface area contributed by atoms with Gasteiger partial charge in [0.1, 0.15) is 6.29 Å². The third-order valence-electron chi connectivity index (χ3n) is 1.29. The molecule has 0 atom stereocenters. The van der Waals surface area contributed by atoms with Crippen LogP contribution in [-0.4, -0.2) is 17.4 Å². The molecule has 0 aliphatic rings. The van der Waals surface area contributed by atoms with Gasteiger partial charge in [-0.1, -0.05) is 27.5 Å². The van der Waals surface area contributed by atoms with Gasteiger partial charge in [-0.3, -0.25) is 4.79 Å². The van der Waals surface area contributed by atoms with E-state index in [1.165, 1.54) is 6.92 Å². The van der Waals surface area contributed by atoms with Gasteiger partial charge in [-0.15, -0.1) is 0 Å². The normalized spacial score (nSPS) is 8.50. The van der Waals surface area contributed by atoms with Gasteiger partial charge in [-0.2, -0.15) is 0 Å². The summed E-state index contributed by atoms with van der Waals surface area (Å²) in [5.74, 6) is 0.0710. The molecule has 0 heterocycles. The molecule has 0 aromatic heterocycles. The Balaban J connectivity index is 0.000000500. The summed E-state index contributed by atoms with van der Waals surface area (Å²) in [6.45, 7) is 1.44. The number of hydrogen-bond donors (Lipinski definition) is 0. The lowest BCUT2D eigenvalue weighted by molar-refractivity contribution is -0.106. The Hall–Kier alpha value is -0.670. The van der Waals surface area contributed by atoms with Gasteiger partial charge in [0.05, 0.1) is 5.33 Å². The number of alkyl halides is 1. The molecule has 0 saturated heterocycles. The number of aldehydes is 1. The van der Waals surface area contributed by atoms with Gasteiger partial charge in [0.2, 0.25) is 0 Å². The molecular formula is C10H10BrClO2. The van der Waals surface area contributed by atoms with Gasteiger partial charge in [0.15, 0.2) is 5.78 Å². The first-order chi connectivity index (χ1) is 6.65. The van der Waals surface area contributed by atoms with Gasteiger partial charge in [0, 0.05) is 10.6 Å². The molecule has 14 heavy (non-hydrogen) atoms. The maximum Gasteiger partial charge on any atom is 0.173 e. The first-order valence-electron chi connectivity index (χ1n) is 3.90. The average Bonchev–Trinajstić information content (AvgIpc) is 2.19. The fourth-order valence-electron chi connectivity index (χ4n) is 0.713. The summed E-state index contributed by atoms with van der Waals surface area (Å²) < 4.78 is 0. The standard InChI is InChI=1S/C8H6BrClO.C2H4O/c9-5-8(11)6-1-3-7(10)4-2-6;1-2-3/h1-4H,5H2;2H,1H3. The minimum Gasteiger partial charge on any atom is -0.304 e. The van der Waals surface area contributed by atoms with Crippen LogP contribution in [0.15, 0.2) is 24.3 Å². The first kappa shape index (κ1) is 13.3. The molecule has 1 aromatic rings. The van der Waals surface area contributed by atoms with Crippen LogP contribution in [0, 0.1) is 0 Å². The van der Waals surface area contributed by atoms with Crippen molar-refractivity contribution in [3.63, 3.8) is 0 Å². The predicted molar refractivity (Wildman–Crippen MR) is 61.3 cm³/mol. The number of benzene rings is 1. The van der Waals surface area contributed by atoms with Gasteiger partial charge >= 0.3 is 0 Å². The average molecular weight is 278 g/mol. The van der Waals surface area contributed by atoms with Crippen LogP contribution in [0.1, 0.15) is 17.3 Å². The van der Waals surface area contributed by atoms with Crippen LogP contribution >= 0.6 is 27.5 Å². The summed E-state index contributed by atoms with van der Waals surface area (Å²) in [5.41, 5.74) is 0.686. The Labute approximate surface area is 96.4 Å². The van der Waals surface area contributed by atoms with Crippen molar-refractivity contribution < 1.29 is 9.59 Å². The van der Waals surface area contributed by atoms with Crippen LogP contribution in [-0.2, 0) is 4.79 Å². The number of hydrogen-bond acceptors (Lipinski definition) is 2. The molecule has 0 saturated carbocycles. The van der Waals surface area contributed by atoms with Gasteiger partial charge < -0.3 is 4.79 Å². The molecule has 1 aromatic carbocycles. The molecule has 0 aliphatic carbocycles. The Bertz CT molecular complexity index is 295. The maximum atomic E-state index is 11.0. The minimum absolute atomic E-state index is 0.0710. The summed E-state index contributed by atoms with van der Waals surface area (Å²) in [6, 6.07) is 6.84. The number of carbonyl (C=O) groups excluding carboxylic acids is 2. The van der Waals surface area contributed by atoms with Gasteiger partial charge in [0.25, 0.3) is 0 Å².